The van der Waals surface area contributed by atoms with Crippen molar-refractivity contribution in [1.29, 1.82) is 0 Å². The number of carboxylic acid groups (broad SMARTS) is 1. The van der Waals surface area contributed by atoms with Crippen molar-refractivity contribution in [2.24, 2.45) is 0 Å². The molecule has 0 saturated carbocycles. The number of hydrogen-bond donors (Lipinski definition) is 1. The van der Waals surface area contributed by atoms with Crippen molar-refractivity contribution >= 4 is 27.1 Å². The molecule has 0 fully saturated rings. The Labute approximate surface area is 147 Å². The summed E-state index contributed by atoms with van der Waals surface area (Å²) >= 11 is 1.07. The lowest BCUT2D eigenvalue weighted by Gasteiger charge is -2.12. The molecular weight excluding hydrogens is 344 g/mol. The number of benzene rings is 1. The van der Waals surface area contributed by atoms with Crippen LogP contribution >= 0.6 is 11.3 Å². The summed E-state index contributed by atoms with van der Waals surface area (Å²) in [7, 11) is -3.78. The fourth-order valence-corrected chi connectivity index (χ4v) is 5.36. The van der Waals surface area contributed by atoms with E-state index >= 15 is 0 Å². The fourth-order valence-electron chi connectivity index (χ4n) is 2.57. The lowest BCUT2D eigenvalue weighted by atomic mass is 10.0. The topological polar surface area (TPSA) is 71.4 Å². The number of sulfone groups is 1. The molecule has 0 aliphatic carbocycles. The molecule has 1 aromatic carbocycles. The Morgan fingerprint density at radius 3 is 2.42 bits per heavy atom. The van der Waals surface area contributed by atoms with Crippen LogP contribution in [0.1, 0.15) is 36.8 Å². The predicted molar refractivity (Wildman–Crippen MR) is 96.3 cm³/mol. The third-order valence-corrected chi connectivity index (χ3v) is 7.51. The van der Waals surface area contributed by atoms with E-state index in [1.165, 1.54) is 17.2 Å². The highest BCUT2D eigenvalue weighted by Gasteiger charge is 2.34. The van der Waals surface area contributed by atoms with E-state index in [1.807, 2.05) is 6.92 Å². The monoisotopic (exact) mass is 366 g/mol. The van der Waals surface area contributed by atoms with Gasteiger partial charge in [0.1, 0.15) is 4.21 Å². The van der Waals surface area contributed by atoms with Gasteiger partial charge in [-0.15, -0.1) is 11.3 Å². The quantitative estimate of drug-likeness (QED) is 0.679. The molecule has 2 aromatic rings. The van der Waals surface area contributed by atoms with Crippen LogP contribution < -0.4 is 0 Å². The molecule has 130 valence electrons. The van der Waals surface area contributed by atoms with E-state index in [0.29, 0.717) is 6.42 Å². The summed E-state index contributed by atoms with van der Waals surface area (Å²) in [6.07, 6.45) is 3.42. The normalized spacial score (nSPS) is 12.9. The van der Waals surface area contributed by atoms with Crippen LogP contribution in [0.25, 0.3) is 0 Å². The second-order valence-electron chi connectivity index (χ2n) is 5.89. The van der Waals surface area contributed by atoms with Crippen molar-refractivity contribution in [3.05, 3.63) is 52.9 Å². The molecule has 0 bridgehead atoms. The second-order valence-corrected chi connectivity index (χ2v) is 9.19. The van der Waals surface area contributed by atoms with Crippen LogP contribution in [0.4, 0.5) is 0 Å². The second kappa shape index (κ2) is 8.44. The van der Waals surface area contributed by atoms with Crippen molar-refractivity contribution in [3.8, 4) is 0 Å². The fraction of sp³-hybridized carbons (Fsp3) is 0.389. The maximum Gasteiger partial charge on any atom is 0.322 e. The zero-order valence-corrected chi connectivity index (χ0v) is 15.3. The minimum absolute atomic E-state index is 0.134. The van der Waals surface area contributed by atoms with Gasteiger partial charge in [-0.2, -0.15) is 0 Å². The van der Waals surface area contributed by atoms with Crippen LogP contribution in [0.15, 0.2) is 46.0 Å². The van der Waals surface area contributed by atoms with Crippen molar-refractivity contribution < 1.29 is 18.3 Å². The van der Waals surface area contributed by atoms with Crippen molar-refractivity contribution in [3.63, 3.8) is 0 Å². The number of hydrogen-bond acceptors (Lipinski definition) is 4. The first-order valence-electron chi connectivity index (χ1n) is 7.97. The molecular formula is C18H22O4S2. The summed E-state index contributed by atoms with van der Waals surface area (Å²) in [6.45, 7) is 2.05. The zero-order valence-electron chi connectivity index (χ0n) is 13.6. The number of aliphatic carboxylic acids is 1. The molecule has 2 rings (SSSR count). The Bertz CT molecular complexity index is 747. The van der Waals surface area contributed by atoms with E-state index in [1.54, 1.807) is 11.4 Å². The molecule has 1 heterocycles. The predicted octanol–water partition coefficient (Wildman–Crippen LogP) is 4.09. The summed E-state index contributed by atoms with van der Waals surface area (Å²) in [5.74, 6) is -1.26. The van der Waals surface area contributed by atoms with Crippen LogP contribution in [0.3, 0.4) is 0 Å². The molecule has 1 N–H and O–H groups in total. The van der Waals surface area contributed by atoms with Gasteiger partial charge in [0.25, 0.3) is 0 Å². The van der Waals surface area contributed by atoms with E-state index in [-0.39, 0.29) is 10.6 Å². The van der Waals surface area contributed by atoms with Crippen LogP contribution in [0.2, 0.25) is 0 Å². The first-order valence-corrected chi connectivity index (χ1v) is 10.4. The lowest BCUT2D eigenvalue weighted by molar-refractivity contribution is -0.136. The highest BCUT2D eigenvalue weighted by molar-refractivity contribution is 7.94. The van der Waals surface area contributed by atoms with Crippen molar-refractivity contribution in [2.45, 2.75) is 48.5 Å². The molecule has 4 nitrogen and oxygen atoms in total. The van der Waals surface area contributed by atoms with E-state index < -0.39 is 21.1 Å². The minimum atomic E-state index is -3.78. The highest BCUT2D eigenvalue weighted by Crippen LogP contribution is 2.24. The van der Waals surface area contributed by atoms with Gasteiger partial charge in [-0.05, 0) is 43.2 Å². The summed E-state index contributed by atoms with van der Waals surface area (Å²) in [5.41, 5.74) is 2.48. The Balaban J connectivity index is 1.84. The number of aryl methyl sites for hydroxylation is 2. The summed E-state index contributed by atoms with van der Waals surface area (Å²) in [6, 6.07) is 11.4. The SMILES string of the molecule is Cc1ccc(CCCCCC(C(=O)O)S(=O)(=O)c2cccs2)cc1. The zero-order chi connectivity index (χ0) is 17.6. The molecule has 0 amide bonds. The Morgan fingerprint density at radius 1 is 1.12 bits per heavy atom. The molecule has 0 aliphatic heterocycles. The summed E-state index contributed by atoms with van der Waals surface area (Å²) in [4.78, 5) is 11.4. The van der Waals surface area contributed by atoms with Gasteiger partial charge < -0.3 is 5.11 Å². The average Bonchev–Trinajstić information content (AvgIpc) is 3.07. The molecule has 0 spiro atoms. The van der Waals surface area contributed by atoms with Gasteiger partial charge in [-0.25, -0.2) is 8.42 Å². The number of carbonyl (C=O) groups is 1. The average molecular weight is 367 g/mol. The maximum atomic E-state index is 12.4. The number of carboxylic acids is 1. The van der Waals surface area contributed by atoms with E-state index in [2.05, 4.69) is 24.3 Å². The van der Waals surface area contributed by atoms with Crippen LogP contribution in [0.5, 0.6) is 0 Å². The smallest absolute Gasteiger partial charge is 0.322 e. The van der Waals surface area contributed by atoms with E-state index in [0.717, 1.165) is 30.6 Å². The first-order chi connectivity index (χ1) is 11.4. The van der Waals surface area contributed by atoms with Gasteiger partial charge in [0, 0.05) is 0 Å². The third kappa shape index (κ3) is 4.92. The maximum absolute atomic E-state index is 12.4. The van der Waals surface area contributed by atoms with Crippen LogP contribution in [0, 0.1) is 6.92 Å². The first kappa shape index (κ1) is 18.7. The van der Waals surface area contributed by atoms with Crippen molar-refractivity contribution in [1.82, 2.24) is 0 Å². The summed E-state index contributed by atoms with van der Waals surface area (Å²) in [5, 5.41) is 9.59. The van der Waals surface area contributed by atoms with Gasteiger partial charge >= 0.3 is 5.97 Å². The molecule has 24 heavy (non-hydrogen) atoms. The molecule has 1 unspecified atom stereocenters. The standard InChI is InChI=1S/C18H22O4S2/c1-14-9-11-15(12-10-14)6-3-2-4-7-16(18(19)20)24(21,22)17-8-5-13-23-17/h5,8-13,16H,2-4,6-7H2,1H3,(H,19,20). The van der Waals surface area contributed by atoms with Gasteiger partial charge in [0.15, 0.2) is 5.25 Å². The summed E-state index contributed by atoms with van der Waals surface area (Å²) < 4.78 is 24.9. The largest absolute Gasteiger partial charge is 0.480 e. The van der Waals surface area contributed by atoms with Gasteiger partial charge in [0.05, 0.1) is 0 Å². The molecule has 0 aliphatic rings. The molecule has 6 heteroatoms. The van der Waals surface area contributed by atoms with Gasteiger partial charge in [-0.1, -0.05) is 48.7 Å². The molecule has 1 aromatic heterocycles. The molecule has 1 atom stereocenters. The number of unbranched alkanes of at least 4 members (excludes halogenated alkanes) is 2. The minimum Gasteiger partial charge on any atom is -0.480 e. The Kier molecular flexibility index (Phi) is 6.57. The van der Waals surface area contributed by atoms with Gasteiger partial charge in [0.2, 0.25) is 9.84 Å². The lowest BCUT2D eigenvalue weighted by Crippen LogP contribution is -2.29. The van der Waals surface area contributed by atoms with Gasteiger partial charge in [-0.3, -0.25) is 4.79 Å². The number of rotatable bonds is 9. The third-order valence-electron chi connectivity index (χ3n) is 3.98. The van der Waals surface area contributed by atoms with Crippen LogP contribution in [-0.4, -0.2) is 24.7 Å². The highest BCUT2D eigenvalue weighted by atomic mass is 32.2. The van der Waals surface area contributed by atoms with Crippen LogP contribution in [-0.2, 0) is 21.1 Å². The van der Waals surface area contributed by atoms with Crippen molar-refractivity contribution in [2.75, 3.05) is 0 Å². The molecule has 0 saturated heterocycles. The molecule has 0 radical (unpaired) electrons. The Morgan fingerprint density at radius 2 is 1.83 bits per heavy atom. The van der Waals surface area contributed by atoms with E-state index in [9.17, 15) is 18.3 Å². The Hall–Kier alpha value is -1.66. The number of thiophene rings is 1. The van der Waals surface area contributed by atoms with E-state index in [4.69, 9.17) is 0 Å².